The average Bonchev–Trinajstić information content (AvgIpc) is 3.44. The average molecular weight is 426 g/mol. The minimum Gasteiger partial charge on any atom is -0.493 e. The van der Waals surface area contributed by atoms with E-state index in [4.69, 9.17) is 9.47 Å². The molecular formula is C23H27N3O3S. The molecule has 0 N–H and O–H groups in total. The van der Waals surface area contributed by atoms with Crippen LogP contribution in [0.25, 0.3) is 21.5 Å². The van der Waals surface area contributed by atoms with Gasteiger partial charge in [-0.1, -0.05) is 6.08 Å². The van der Waals surface area contributed by atoms with Crippen molar-refractivity contribution in [2.45, 2.75) is 26.7 Å². The standard InChI is InChI=1S/C23H27N3O3S/c1-4-16(2)21-14-18-22(30-21)23(27)26(15-24-18)17-7-8-19(20(13-17)28-3)29-12-11-25-9-5-6-10-25/h4,7-8,13-15H,5-6,9-12H2,1-3H3/b16-4+. The summed E-state index contributed by atoms with van der Waals surface area (Å²) in [6, 6.07) is 7.53. The predicted molar refractivity (Wildman–Crippen MR) is 122 cm³/mol. The van der Waals surface area contributed by atoms with Crippen LogP contribution in [0.2, 0.25) is 0 Å². The van der Waals surface area contributed by atoms with Gasteiger partial charge >= 0.3 is 0 Å². The highest BCUT2D eigenvalue weighted by Gasteiger charge is 2.14. The maximum atomic E-state index is 13.1. The lowest BCUT2D eigenvalue weighted by Gasteiger charge is -2.17. The minimum absolute atomic E-state index is 0.0788. The number of aromatic nitrogens is 2. The summed E-state index contributed by atoms with van der Waals surface area (Å²) in [6.07, 6.45) is 6.15. The van der Waals surface area contributed by atoms with Crippen molar-refractivity contribution in [3.8, 4) is 17.2 Å². The predicted octanol–water partition coefficient (Wildman–Crippen LogP) is 4.35. The fourth-order valence-corrected chi connectivity index (χ4v) is 4.72. The van der Waals surface area contributed by atoms with Gasteiger partial charge in [-0.3, -0.25) is 14.3 Å². The van der Waals surface area contributed by atoms with Crippen molar-refractivity contribution in [1.82, 2.24) is 14.5 Å². The quantitative estimate of drug-likeness (QED) is 0.563. The van der Waals surface area contributed by atoms with E-state index in [-0.39, 0.29) is 5.56 Å². The second-order valence-corrected chi connectivity index (χ2v) is 8.50. The zero-order chi connectivity index (χ0) is 21.1. The molecule has 0 bridgehead atoms. The number of likely N-dealkylation sites (tertiary alicyclic amines) is 1. The SMILES string of the molecule is C/C=C(\C)c1cc2ncn(-c3ccc(OCCN4CCCC4)c(OC)c3)c(=O)c2s1. The largest absolute Gasteiger partial charge is 0.493 e. The Labute approximate surface area is 180 Å². The van der Waals surface area contributed by atoms with E-state index in [0.29, 0.717) is 28.5 Å². The third-order valence-corrected chi connectivity index (χ3v) is 6.80. The van der Waals surface area contributed by atoms with Crippen molar-refractivity contribution >= 4 is 27.1 Å². The summed E-state index contributed by atoms with van der Waals surface area (Å²) in [6.45, 7) is 7.86. The molecule has 1 aliphatic rings. The molecule has 30 heavy (non-hydrogen) atoms. The molecule has 0 saturated carbocycles. The van der Waals surface area contributed by atoms with Gasteiger partial charge in [-0.25, -0.2) is 4.98 Å². The van der Waals surface area contributed by atoms with Crippen LogP contribution in [-0.4, -0.2) is 47.8 Å². The Morgan fingerprint density at radius 3 is 2.77 bits per heavy atom. The summed E-state index contributed by atoms with van der Waals surface area (Å²) in [5.74, 6) is 1.29. The monoisotopic (exact) mass is 425 g/mol. The van der Waals surface area contributed by atoms with Crippen LogP contribution < -0.4 is 15.0 Å². The first-order valence-corrected chi connectivity index (χ1v) is 11.1. The van der Waals surface area contributed by atoms with Gasteiger partial charge in [0.25, 0.3) is 5.56 Å². The zero-order valence-electron chi connectivity index (χ0n) is 17.7. The molecule has 1 aromatic carbocycles. The van der Waals surface area contributed by atoms with Gasteiger partial charge in [0, 0.05) is 17.5 Å². The van der Waals surface area contributed by atoms with Gasteiger partial charge in [-0.2, -0.15) is 0 Å². The van der Waals surface area contributed by atoms with Crippen molar-refractivity contribution in [3.05, 3.63) is 51.9 Å². The molecule has 4 rings (SSSR count). The summed E-state index contributed by atoms with van der Waals surface area (Å²) >= 11 is 1.48. The molecule has 1 aliphatic heterocycles. The molecule has 7 heteroatoms. The second kappa shape index (κ2) is 9.02. The van der Waals surface area contributed by atoms with Crippen LogP contribution in [0.3, 0.4) is 0 Å². The molecule has 1 fully saturated rings. The van der Waals surface area contributed by atoms with Crippen molar-refractivity contribution in [2.24, 2.45) is 0 Å². The Balaban J connectivity index is 1.59. The van der Waals surface area contributed by atoms with Crippen LogP contribution in [0.4, 0.5) is 0 Å². The van der Waals surface area contributed by atoms with E-state index in [0.717, 1.165) is 35.6 Å². The third-order valence-electron chi connectivity index (χ3n) is 5.55. The van der Waals surface area contributed by atoms with Gasteiger partial charge < -0.3 is 9.47 Å². The third kappa shape index (κ3) is 4.13. The number of hydrogen-bond acceptors (Lipinski definition) is 6. The van der Waals surface area contributed by atoms with Gasteiger partial charge in [0.15, 0.2) is 11.5 Å². The number of thiophene rings is 1. The van der Waals surface area contributed by atoms with E-state index in [1.54, 1.807) is 18.0 Å². The van der Waals surface area contributed by atoms with Gasteiger partial charge in [-0.15, -0.1) is 11.3 Å². The minimum atomic E-state index is -0.0788. The van der Waals surface area contributed by atoms with Crippen molar-refractivity contribution in [2.75, 3.05) is 33.4 Å². The summed E-state index contributed by atoms with van der Waals surface area (Å²) < 4.78 is 13.7. The molecule has 0 spiro atoms. The van der Waals surface area contributed by atoms with Crippen LogP contribution in [0, 0.1) is 0 Å². The molecule has 6 nitrogen and oxygen atoms in total. The molecule has 3 heterocycles. The van der Waals surface area contributed by atoms with E-state index in [2.05, 4.69) is 9.88 Å². The van der Waals surface area contributed by atoms with Gasteiger partial charge in [-0.05, 0) is 63.6 Å². The highest BCUT2D eigenvalue weighted by atomic mass is 32.1. The molecule has 158 valence electrons. The number of hydrogen-bond donors (Lipinski definition) is 0. The molecule has 1 saturated heterocycles. The van der Waals surface area contributed by atoms with Gasteiger partial charge in [0.1, 0.15) is 17.6 Å². The number of methoxy groups -OCH3 is 1. The number of allylic oxidation sites excluding steroid dienone is 2. The highest BCUT2D eigenvalue weighted by molar-refractivity contribution is 7.19. The maximum Gasteiger partial charge on any atom is 0.275 e. The van der Waals surface area contributed by atoms with E-state index < -0.39 is 0 Å². The van der Waals surface area contributed by atoms with Gasteiger partial charge in [0.05, 0.1) is 18.3 Å². The molecule has 0 unspecified atom stereocenters. The molecule has 0 atom stereocenters. The Morgan fingerprint density at radius 2 is 2.03 bits per heavy atom. The first-order valence-electron chi connectivity index (χ1n) is 10.3. The summed E-state index contributed by atoms with van der Waals surface area (Å²) in [7, 11) is 1.61. The molecule has 0 amide bonds. The molecule has 3 aromatic rings. The molecule has 2 aromatic heterocycles. The van der Waals surface area contributed by atoms with Crippen LogP contribution >= 0.6 is 11.3 Å². The van der Waals surface area contributed by atoms with Crippen LogP contribution in [0.1, 0.15) is 31.6 Å². The lowest BCUT2D eigenvalue weighted by atomic mass is 10.2. The number of nitrogens with zero attached hydrogens (tertiary/aromatic N) is 3. The summed E-state index contributed by atoms with van der Waals surface area (Å²) in [5.41, 5.74) is 2.49. The zero-order valence-corrected chi connectivity index (χ0v) is 18.5. The number of benzene rings is 1. The number of ether oxygens (including phenoxy) is 2. The van der Waals surface area contributed by atoms with Crippen LogP contribution in [0.15, 0.2) is 41.5 Å². The Bertz CT molecular complexity index is 1130. The van der Waals surface area contributed by atoms with Crippen LogP contribution in [-0.2, 0) is 0 Å². The van der Waals surface area contributed by atoms with Crippen molar-refractivity contribution in [3.63, 3.8) is 0 Å². The lowest BCUT2D eigenvalue weighted by molar-refractivity contribution is 0.230. The lowest BCUT2D eigenvalue weighted by Crippen LogP contribution is -2.25. The fourth-order valence-electron chi connectivity index (χ4n) is 3.65. The maximum absolute atomic E-state index is 13.1. The van der Waals surface area contributed by atoms with E-state index in [1.165, 1.54) is 24.2 Å². The molecule has 0 radical (unpaired) electrons. The van der Waals surface area contributed by atoms with Crippen molar-refractivity contribution < 1.29 is 9.47 Å². The first-order chi connectivity index (χ1) is 14.6. The van der Waals surface area contributed by atoms with Gasteiger partial charge in [0.2, 0.25) is 0 Å². The molecule has 0 aliphatic carbocycles. The Morgan fingerprint density at radius 1 is 1.23 bits per heavy atom. The normalized spacial score (nSPS) is 15.1. The second-order valence-electron chi connectivity index (χ2n) is 7.45. The summed E-state index contributed by atoms with van der Waals surface area (Å²) in [4.78, 5) is 21.1. The van der Waals surface area contributed by atoms with Crippen LogP contribution in [0.5, 0.6) is 11.5 Å². The van der Waals surface area contributed by atoms with E-state index >= 15 is 0 Å². The number of rotatable bonds is 7. The van der Waals surface area contributed by atoms with E-state index in [9.17, 15) is 4.79 Å². The topological polar surface area (TPSA) is 56.6 Å². The Kier molecular flexibility index (Phi) is 6.20. The first kappa shape index (κ1) is 20.6. The summed E-state index contributed by atoms with van der Waals surface area (Å²) in [5, 5.41) is 0. The Hall–Kier alpha value is -2.64. The molecular weight excluding hydrogens is 398 g/mol. The van der Waals surface area contributed by atoms with E-state index in [1.807, 2.05) is 44.2 Å². The van der Waals surface area contributed by atoms with Crippen molar-refractivity contribution in [1.29, 1.82) is 0 Å². The number of fused-ring (bicyclic) bond motifs is 1. The highest BCUT2D eigenvalue weighted by Crippen LogP contribution is 2.30. The fraction of sp³-hybridized carbons (Fsp3) is 0.391. The smallest absolute Gasteiger partial charge is 0.275 e.